The highest BCUT2D eigenvalue weighted by Gasteiger charge is 2.07. The highest BCUT2D eigenvalue weighted by atomic mass is 16.5. The zero-order valence-corrected chi connectivity index (χ0v) is 11.7. The monoisotopic (exact) mass is 286 g/mol. The van der Waals surface area contributed by atoms with Crippen molar-refractivity contribution in [3.8, 4) is 11.6 Å². The van der Waals surface area contributed by atoms with Crippen LogP contribution in [-0.2, 0) is 0 Å². The van der Waals surface area contributed by atoms with Gasteiger partial charge >= 0.3 is 0 Å². The second kappa shape index (κ2) is 7.96. The molecule has 0 fully saturated rings. The van der Waals surface area contributed by atoms with Crippen LogP contribution in [0.3, 0.4) is 0 Å². The average molecular weight is 286 g/mol. The van der Waals surface area contributed by atoms with Crippen molar-refractivity contribution in [2.45, 2.75) is 12.8 Å². The molecule has 0 bridgehead atoms. The summed E-state index contributed by atoms with van der Waals surface area (Å²) in [6, 6.07) is 6.94. The first-order chi connectivity index (χ1) is 10.3. The van der Waals surface area contributed by atoms with Crippen LogP contribution in [0.5, 0.6) is 11.6 Å². The summed E-state index contributed by atoms with van der Waals surface area (Å²) in [6.45, 7) is 1.25. The fourth-order valence-corrected chi connectivity index (χ4v) is 1.73. The van der Waals surface area contributed by atoms with E-state index in [1.54, 1.807) is 36.7 Å². The Hall–Kier alpha value is -2.47. The summed E-state index contributed by atoms with van der Waals surface area (Å²) < 4.78 is 5.54. The van der Waals surface area contributed by atoms with Crippen LogP contribution in [0.2, 0.25) is 0 Å². The predicted molar refractivity (Wildman–Crippen MR) is 79.2 cm³/mol. The maximum Gasteiger partial charge on any atom is 0.251 e. The predicted octanol–water partition coefficient (Wildman–Crippen LogP) is 1.74. The number of nitrogens with zero attached hydrogens (tertiary/aromatic N) is 2. The van der Waals surface area contributed by atoms with Crippen molar-refractivity contribution in [3.63, 3.8) is 0 Å². The minimum absolute atomic E-state index is 0.128. The molecule has 1 aromatic heterocycles. The molecular formula is C15H18N4O2. The highest BCUT2D eigenvalue weighted by molar-refractivity contribution is 5.94. The summed E-state index contributed by atoms with van der Waals surface area (Å²) in [6.07, 6.45) is 6.40. The third-order valence-corrected chi connectivity index (χ3v) is 2.77. The second-order valence-electron chi connectivity index (χ2n) is 4.43. The van der Waals surface area contributed by atoms with Crippen LogP contribution in [-0.4, -0.2) is 29.0 Å². The zero-order valence-electron chi connectivity index (χ0n) is 11.7. The van der Waals surface area contributed by atoms with Gasteiger partial charge < -0.3 is 15.8 Å². The number of rotatable bonds is 7. The van der Waals surface area contributed by atoms with Crippen molar-refractivity contribution >= 4 is 5.91 Å². The van der Waals surface area contributed by atoms with E-state index >= 15 is 0 Å². The van der Waals surface area contributed by atoms with Crippen molar-refractivity contribution in [1.29, 1.82) is 0 Å². The summed E-state index contributed by atoms with van der Waals surface area (Å²) in [5.41, 5.74) is 5.95. The summed E-state index contributed by atoms with van der Waals surface area (Å²) in [5.74, 6) is 0.805. The lowest BCUT2D eigenvalue weighted by atomic mass is 10.2. The Kier molecular flexibility index (Phi) is 5.66. The first-order valence-electron chi connectivity index (χ1n) is 6.82. The van der Waals surface area contributed by atoms with Crippen LogP contribution >= 0.6 is 0 Å². The van der Waals surface area contributed by atoms with Gasteiger partial charge in [-0.05, 0) is 37.6 Å². The van der Waals surface area contributed by atoms with Crippen molar-refractivity contribution in [1.82, 2.24) is 15.3 Å². The van der Waals surface area contributed by atoms with E-state index in [4.69, 9.17) is 10.5 Å². The van der Waals surface area contributed by atoms with E-state index in [-0.39, 0.29) is 5.91 Å². The van der Waals surface area contributed by atoms with Gasteiger partial charge in [-0.2, -0.15) is 0 Å². The molecule has 6 heteroatoms. The minimum atomic E-state index is -0.128. The quantitative estimate of drug-likeness (QED) is 0.757. The molecule has 1 amide bonds. The Morgan fingerprint density at radius 3 is 2.95 bits per heavy atom. The average Bonchev–Trinajstić information content (AvgIpc) is 2.53. The van der Waals surface area contributed by atoms with Gasteiger partial charge in [-0.25, -0.2) is 4.98 Å². The number of nitrogens with one attached hydrogen (secondary N) is 1. The Balaban J connectivity index is 1.95. The van der Waals surface area contributed by atoms with Crippen molar-refractivity contribution in [3.05, 3.63) is 48.4 Å². The van der Waals surface area contributed by atoms with Gasteiger partial charge in [0.15, 0.2) is 0 Å². The number of benzene rings is 1. The van der Waals surface area contributed by atoms with Gasteiger partial charge in [-0.15, -0.1) is 0 Å². The lowest BCUT2D eigenvalue weighted by Crippen LogP contribution is -2.24. The van der Waals surface area contributed by atoms with Gasteiger partial charge in [-0.3, -0.25) is 9.78 Å². The Morgan fingerprint density at radius 2 is 2.19 bits per heavy atom. The molecular weight excluding hydrogens is 268 g/mol. The fourth-order valence-electron chi connectivity index (χ4n) is 1.73. The smallest absolute Gasteiger partial charge is 0.251 e. The SMILES string of the molecule is NCCCCNC(=O)c1cccc(Oc2cnccn2)c1. The van der Waals surface area contributed by atoms with Gasteiger partial charge in [0.1, 0.15) is 5.75 Å². The topological polar surface area (TPSA) is 90.1 Å². The summed E-state index contributed by atoms with van der Waals surface area (Å²) in [5, 5.41) is 2.85. The largest absolute Gasteiger partial charge is 0.437 e. The molecule has 0 saturated carbocycles. The Labute approximate surface area is 123 Å². The maximum atomic E-state index is 12.0. The van der Waals surface area contributed by atoms with Crippen LogP contribution < -0.4 is 15.8 Å². The number of amides is 1. The fraction of sp³-hybridized carbons (Fsp3) is 0.267. The van der Waals surface area contributed by atoms with Crippen LogP contribution in [0.25, 0.3) is 0 Å². The molecule has 110 valence electrons. The number of ether oxygens (including phenoxy) is 1. The molecule has 1 heterocycles. The van der Waals surface area contributed by atoms with E-state index in [1.165, 1.54) is 6.20 Å². The standard InChI is InChI=1S/C15H18N4O2/c16-6-1-2-7-19-15(20)12-4-3-5-13(10-12)21-14-11-17-8-9-18-14/h3-5,8-11H,1-2,6-7,16H2,(H,19,20). The first kappa shape index (κ1) is 14.9. The molecule has 3 N–H and O–H groups in total. The van der Waals surface area contributed by atoms with Crippen molar-refractivity contribution < 1.29 is 9.53 Å². The molecule has 0 radical (unpaired) electrons. The summed E-state index contributed by atoms with van der Waals surface area (Å²) in [4.78, 5) is 19.9. The van der Waals surface area contributed by atoms with E-state index in [0.29, 0.717) is 30.3 Å². The molecule has 0 aliphatic carbocycles. The van der Waals surface area contributed by atoms with Gasteiger partial charge in [0.05, 0.1) is 6.20 Å². The van der Waals surface area contributed by atoms with Gasteiger partial charge in [0.25, 0.3) is 5.91 Å². The number of carbonyl (C=O) groups is 1. The lowest BCUT2D eigenvalue weighted by Gasteiger charge is -2.07. The first-order valence-corrected chi connectivity index (χ1v) is 6.82. The molecule has 0 saturated heterocycles. The van der Waals surface area contributed by atoms with E-state index < -0.39 is 0 Å². The van der Waals surface area contributed by atoms with Crippen molar-refractivity contribution in [2.24, 2.45) is 5.73 Å². The molecule has 2 rings (SSSR count). The van der Waals surface area contributed by atoms with Gasteiger partial charge in [-0.1, -0.05) is 6.07 Å². The summed E-state index contributed by atoms with van der Waals surface area (Å²) >= 11 is 0. The number of hydrogen-bond donors (Lipinski definition) is 2. The third-order valence-electron chi connectivity index (χ3n) is 2.77. The number of nitrogens with two attached hydrogens (primary N) is 1. The lowest BCUT2D eigenvalue weighted by molar-refractivity contribution is 0.0952. The molecule has 0 atom stereocenters. The van der Waals surface area contributed by atoms with E-state index in [1.807, 2.05) is 0 Å². The van der Waals surface area contributed by atoms with E-state index in [9.17, 15) is 4.79 Å². The molecule has 0 aliphatic heterocycles. The number of unbranched alkanes of at least 4 members (excludes halogenated alkanes) is 1. The molecule has 6 nitrogen and oxygen atoms in total. The third kappa shape index (κ3) is 4.85. The van der Waals surface area contributed by atoms with E-state index in [2.05, 4.69) is 15.3 Å². The zero-order chi connectivity index (χ0) is 14.9. The normalized spacial score (nSPS) is 10.1. The molecule has 2 aromatic rings. The molecule has 0 unspecified atom stereocenters. The number of aromatic nitrogens is 2. The van der Waals surface area contributed by atoms with Crippen LogP contribution in [0.1, 0.15) is 23.2 Å². The van der Waals surface area contributed by atoms with Gasteiger partial charge in [0, 0.05) is 24.5 Å². The van der Waals surface area contributed by atoms with Gasteiger partial charge in [0.2, 0.25) is 5.88 Å². The molecule has 0 aliphatic rings. The second-order valence-corrected chi connectivity index (χ2v) is 4.43. The van der Waals surface area contributed by atoms with Crippen LogP contribution in [0.4, 0.5) is 0 Å². The molecule has 0 spiro atoms. The Bertz CT molecular complexity index is 575. The maximum absolute atomic E-state index is 12.0. The minimum Gasteiger partial charge on any atom is -0.437 e. The van der Waals surface area contributed by atoms with Crippen LogP contribution in [0.15, 0.2) is 42.9 Å². The van der Waals surface area contributed by atoms with Crippen LogP contribution in [0, 0.1) is 0 Å². The van der Waals surface area contributed by atoms with Crippen molar-refractivity contribution in [2.75, 3.05) is 13.1 Å². The van der Waals surface area contributed by atoms with E-state index in [0.717, 1.165) is 12.8 Å². The number of hydrogen-bond acceptors (Lipinski definition) is 5. The highest BCUT2D eigenvalue weighted by Crippen LogP contribution is 2.19. The molecule has 21 heavy (non-hydrogen) atoms. The summed E-state index contributed by atoms with van der Waals surface area (Å²) in [7, 11) is 0. The number of carbonyl (C=O) groups excluding carboxylic acids is 1. The molecule has 1 aromatic carbocycles. The Morgan fingerprint density at radius 1 is 1.29 bits per heavy atom.